The van der Waals surface area contributed by atoms with Crippen molar-refractivity contribution in [2.45, 2.75) is 26.9 Å². The zero-order valence-electron chi connectivity index (χ0n) is 20.1. The summed E-state index contributed by atoms with van der Waals surface area (Å²) in [5.41, 5.74) is 3.25. The molecule has 0 aromatic carbocycles. The number of hydrogen-bond donors (Lipinski definition) is 0. The fourth-order valence-corrected chi connectivity index (χ4v) is 6.86. The van der Waals surface area contributed by atoms with Gasteiger partial charge < -0.3 is 9.38 Å². The molecule has 184 valence electrons. The third kappa shape index (κ3) is 4.12. The number of thiazole rings is 2. The molecular formula is C25H26N7O2S2+. The molecular weight excluding hydrogens is 494 g/mol. The highest BCUT2D eigenvalue weighted by molar-refractivity contribution is 7.15. The van der Waals surface area contributed by atoms with Crippen LogP contribution in [-0.4, -0.2) is 54.4 Å². The number of nitrogens with zero attached hydrogens (tertiary/aromatic N) is 7. The van der Waals surface area contributed by atoms with Crippen molar-refractivity contribution in [2.75, 3.05) is 31.1 Å². The Kier molecular flexibility index (Phi) is 5.70. The van der Waals surface area contributed by atoms with Crippen molar-refractivity contribution in [3.05, 3.63) is 90.8 Å². The molecule has 0 N–H and O–H groups in total. The van der Waals surface area contributed by atoms with Crippen LogP contribution in [0.4, 0.5) is 5.82 Å². The predicted molar refractivity (Wildman–Crippen MR) is 142 cm³/mol. The Bertz CT molecular complexity index is 1580. The molecule has 0 bridgehead atoms. The van der Waals surface area contributed by atoms with Gasteiger partial charge in [0.1, 0.15) is 30.3 Å². The molecule has 0 amide bonds. The Morgan fingerprint density at radius 1 is 0.861 bits per heavy atom. The Morgan fingerprint density at radius 3 is 1.92 bits per heavy atom. The van der Waals surface area contributed by atoms with Crippen molar-refractivity contribution >= 4 is 38.4 Å². The first kappa shape index (κ1) is 23.0. The molecule has 1 fully saturated rings. The highest BCUT2D eigenvalue weighted by Crippen LogP contribution is 2.25. The summed E-state index contributed by atoms with van der Waals surface area (Å²) in [5, 5.41) is 3.91. The first-order chi connectivity index (χ1) is 17.4. The van der Waals surface area contributed by atoms with Crippen LogP contribution in [0.25, 0.3) is 9.92 Å². The van der Waals surface area contributed by atoms with Gasteiger partial charge in [0.25, 0.3) is 11.1 Å². The van der Waals surface area contributed by atoms with Crippen LogP contribution < -0.4 is 16.0 Å². The van der Waals surface area contributed by atoms with Crippen LogP contribution in [0.3, 0.4) is 0 Å². The van der Waals surface area contributed by atoms with E-state index in [0.29, 0.717) is 27.5 Å². The van der Waals surface area contributed by atoms with E-state index in [2.05, 4.69) is 9.88 Å². The van der Waals surface area contributed by atoms with Crippen LogP contribution in [0.1, 0.15) is 22.8 Å². The summed E-state index contributed by atoms with van der Waals surface area (Å²) in [6.45, 7) is 8.32. The van der Waals surface area contributed by atoms with E-state index in [0.717, 1.165) is 54.8 Å². The van der Waals surface area contributed by atoms with Crippen molar-refractivity contribution in [1.82, 2.24) is 23.8 Å². The van der Waals surface area contributed by atoms with Crippen LogP contribution in [-0.2, 0) is 13.1 Å². The van der Waals surface area contributed by atoms with Gasteiger partial charge in [0, 0.05) is 40.5 Å². The van der Waals surface area contributed by atoms with Gasteiger partial charge in [-0.05, 0) is 26.0 Å². The molecule has 6 heterocycles. The average molecular weight is 521 g/mol. The number of aryl methyl sites for hydroxylation is 2. The minimum absolute atomic E-state index is 0.0501. The normalized spacial score (nSPS) is 15.7. The van der Waals surface area contributed by atoms with E-state index in [9.17, 15) is 9.59 Å². The van der Waals surface area contributed by atoms with Gasteiger partial charge in [0.05, 0.1) is 26.2 Å². The SMILES string of the molecule is Cc1csc2nc(C[N+]3(Cc4cc(=O)n5c(C)csc5n4)CCN(c4ccccn4)CC3)cc(=O)n12. The monoisotopic (exact) mass is 520 g/mol. The zero-order valence-corrected chi connectivity index (χ0v) is 21.8. The van der Waals surface area contributed by atoms with E-state index in [1.807, 2.05) is 49.0 Å². The van der Waals surface area contributed by atoms with E-state index >= 15 is 0 Å². The maximum Gasteiger partial charge on any atom is 0.259 e. The minimum atomic E-state index is -0.0501. The maximum atomic E-state index is 12.9. The summed E-state index contributed by atoms with van der Waals surface area (Å²) in [6.07, 6.45) is 1.82. The number of anilines is 1. The Balaban J connectivity index is 1.36. The topological polar surface area (TPSA) is 84.9 Å². The van der Waals surface area contributed by atoms with Gasteiger partial charge in [-0.25, -0.2) is 15.0 Å². The fourth-order valence-electron chi connectivity index (χ4n) is 5.08. The molecule has 5 aromatic rings. The molecule has 0 spiro atoms. The van der Waals surface area contributed by atoms with Crippen LogP contribution in [0, 0.1) is 13.8 Å². The number of pyridine rings is 1. The molecule has 9 nitrogen and oxygen atoms in total. The Hall–Kier alpha value is -3.41. The smallest absolute Gasteiger partial charge is 0.259 e. The van der Waals surface area contributed by atoms with Crippen molar-refractivity contribution in [2.24, 2.45) is 0 Å². The van der Waals surface area contributed by atoms with Crippen LogP contribution in [0.5, 0.6) is 0 Å². The summed E-state index contributed by atoms with van der Waals surface area (Å²) in [4.78, 5) is 43.7. The second-order valence-corrected chi connectivity index (χ2v) is 11.1. The molecule has 11 heteroatoms. The molecule has 0 aliphatic carbocycles. The van der Waals surface area contributed by atoms with Gasteiger partial charge in [0.15, 0.2) is 9.92 Å². The number of rotatable bonds is 5. The summed E-state index contributed by atoms with van der Waals surface area (Å²) in [7, 11) is 0. The lowest BCUT2D eigenvalue weighted by Crippen LogP contribution is -2.59. The van der Waals surface area contributed by atoms with Gasteiger partial charge in [-0.15, -0.1) is 22.7 Å². The largest absolute Gasteiger partial charge is 0.345 e. The van der Waals surface area contributed by atoms with E-state index < -0.39 is 0 Å². The van der Waals surface area contributed by atoms with E-state index in [1.54, 1.807) is 20.9 Å². The summed E-state index contributed by atoms with van der Waals surface area (Å²) < 4.78 is 3.99. The summed E-state index contributed by atoms with van der Waals surface area (Å²) in [5.74, 6) is 0.967. The van der Waals surface area contributed by atoms with E-state index in [4.69, 9.17) is 9.97 Å². The van der Waals surface area contributed by atoms with E-state index in [-0.39, 0.29) is 11.1 Å². The minimum Gasteiger partial charge on any atom is -0.345 e. The van der Waals surface area contributed by atoms with Crippen LogP contribution in [0.15, 0.2) is 56.9 Å². The predicted octanol–water partition coefficient (Wildman–Crippen LogP) is 2.87. The van der Waals surface area contributed by atoms with Gasteiger partial charge >= 0.3 is 0 Å². The highest BCUT2D eigenvalue weighted by Gasteiger charge is 2.35. The van der Waals surface area contributed by atoms with Gasteiger partial charge in [-0.1, -0.05) is 6.07 Å². The number of quaternary nitrogens is 1. The fraction of sp³-hybridized carbons (Fsp3) is 0.320. The lowest BCUT2D eigenvalue weighted by molar-refractivity contribution is -0.954. The maximum absolute atomic E-state index is 12.9. The number of aromatic nitrogens is 5. The third-order valence-corrected chi connectivity index (χ3v) is 8.80. The summed E-state index contributed by atoms with van der Waals surface area (Å²) >= 11 is 2.97. The molecule has 0 atom stereocenters. The quantitative estimate of drug-likeness (QED) is 0.332. The number of fused-ring (bicyclic) bond motifs is 2. The van der Waals surface area contributed by atoms with Crippen LogP contribution in [0.2, 0.25) is 0 Å². The number of piperazine rings is 1. The molecule has 1 saturated heterocycles. The molecule has 0 unspecified atom stereocenters. The molecule has 0 saturated carbocycles. The van der Waals surface area contributed by atoms with Crippen molar-refractivity contribution in [3.63, 3.8) is 0 Å². The van der Waals surface area contributed by atoms with Crippen LogP contribution >= 0.6 is 22.7 Å². The Morgan fingerprint density at radius 2 is 1.42 bits per heavy atom. The number of hydrogen-bond acceptors (Lipinski definition) is 8. The lowest BCUT2D eigenvalue weighted by atomic mass is 10.1. The van der Waals surface area contributed by atoms with Crippen molar-refractivity contribution in [1.29, 1.82) is 0 Å². The van der Waals surface area contributed by atoms with E-state index in [1.165, 1.54) is 22.7 Å². The zero-order chi connectivity index (χ0) is 24.9. The molecule has 6 rings (SSSR count). The Labute approximate surface area is 215 Å². The molecule has 1 aliphatic rings. The van der Waals surface area contributed by atoms with Crippen molar-refractivity contribution < 1.29 is 4.48 Å². The standard InChI is InChI=1S/C25H26N7O2S2/c1-17-15-35-24-27-19(11-22(33)30(17)24)13-32(9-7-29(8-10-32)21-5-3-4-6-26-21)14-20-12-23(34)31-18(2)16-36-25(31)28-20/h3-6,11-12,15-16H,7-10,13-14H2,1-2H3/q+1. The second kappa shape index (κ2) is 8.91. The molecule has 36 heavy (non-hydrogen) atoms. The van der Waals surface area contributed by atoms with Gasteiger partial charge in [-0.2, -0.15) is 0 Å². The van der Waals surface area contributed by atoms with Crippen molar-refractivity contribution in [3.8, 4) is 0 Å². The average Bonchev–Trinajstić information content (AvgIpc) is 3.43. The lowest BCUT2D eigenvalue weighted by Gasteiger charge is -2.44. The second-order valence-electron chi connectivity index (χ2n) is 9.44. The third-order valence-electron chi connectivity index (χ3n) is 6.91. The molecule has 1 aliphatic heterocycles. The van der Waals surface area contributed by atoms with Gasteiger partial charge in [0.2, 0.25) is 0 Å². The van der Waals surface area contributed by atoms with Gasteiger partial charge in [-0.3, -0.25) is 18.4 Å². The highest BCUT2D eigenvalue weighted by atomic mass is 32.1. The first-order valence-corrected chi connectivity index (χ1v) is 13.6. The molecule has 0 radical (unpaired) electrons. The first-order valence-electron chi connectivity index (χ1n) is 11.9. The molecule has 5 aromatic heterocycles. The summed E-state index contributed by atoms with van der Waals surface area (Å²) in [6, 6.07) is 9.28.